The number of aryl methyl sites for hydroxylation is 2. The summed E-state index contributed by atoms with van der Waals surface area (Å²) in [7, 11) is 0. The van der Waals surface area contributed by atoms with E-state index in [0.29, 0.717) is 5.95 Å². The number of furan rings is 1. The summed E-state index contributed by atoms with van der Waals surface area (Å²) in [5, 5.41) is 7.62. The van der Waals surface area contributed by atoms with Gasteiger partial charge in [-0.25, -0.2) is 4.52 Å². The van der Waals surface area contributed by atoms with Crippen molar-refractivity contribution in [3.05, 3.63) is 47.5 Å². The largest absolute Gasteiger partial charge is 0.464 e. The minimum absolute atomic E-state index is 0.0345. The lowest BCUT2D eigenvalue weighted by Crippen LogP contribution is -2.06. The zero-order valence-corrected chi connectivity index (χ0v) is 11.2. The highest BCUT2D eigenvalue weighted by molar-refractivity contribution is 5.45. The van der Waals surface area contributed by atoms with Gasteiger partial charge in [-0.3, -0.25) is 0 Å². The lowest BCUT2D eigenvalue weighted by Gasteiger charge is -2.08. The van der Waals surface area contributed by atoms with Crippen molar-refractivity contribution < 1.29 is 4.42 Å². The van der Waals surface area contributed by atoms with E-state index in [-0.39, 0.29) is 6.04 Å². The number of rotatable bonds is 3. The highest BCUT2D eigenvalue weighted by atomic mass is 16.3. The Morgan fingerprint density at radius 1 is 1.26 bits per heavy atom. The number of hydrogen-bond donors (Lipinski definition) is 1. The predicted octanol–water partition coefficient (Wildman–Crippen LogP) is 3.11. The van der Waals surface area contributed by atoms with E-state index in [1.54, 1.807) is 4.52 Å². The first-order valence-corrected chi connectivity index (χ1v) is 6.28. The molecule has 1 unspecified atom stereocenters. The zero-order chi connectivity index (χ0) is 13.4. The van der Waals surface area contributed by atoms with Gasteiger partial charge in [0.25, 0.3) is 0 Å². The smallest absolute Gasteiger partial charge is 0.243 e. The van der Waals surface area contributed by atoms with E-state index in [0.717, 1.165) is 17.2 Å². The van der Waals surface area contributed by atoms with Crippen LogP contribution in [0.25, 0.3) is 5.65 Å². The van der Waals surface area contributed by atoms with Crippen LogP contribution in [0.2, 0.25) is 0 Å². The maximum absolute atomic E-state index is 5.59. The summed E-state index contributed by atoms with van der Waals surface area (Å²) >= 11 is 0. The highest BCUT2D eigenvalue weighted by Gasteiger charge is 2.12. The summed E-state index contributed by atoms with van der Waals surface area (Å²) in [6.07, 6.45) is 1.91. The molecular weight excluding hydrogens is 240 g/mol. The maximum Gasteiger partial charge on any atom is 0.243 e. The number of anilines is 1. The minimum Gasteiger partial charge on any atom is -0.464 e. The molecule has 5 heteroatoms. The first-order chi connectivity index (χ1) is 9.11. The maximum atomic E-state index is 5.59. The van der Waals surface area contributed by atoms with Crippen molar-refractivity contribution in [1.82, 2.24) is 14.6 Å². The third kappa shape index (κ3) is 2.31. The molecule has 0 aromatic carbocycles. The van der Waals surface area contributed by atoms with Crippen molar-refractivity contribution in [2.24, 2.45) is 0 Å². The first kappa shape index (κ1) is 11.8. The molecule has 19 heavy (non-hydrogen) atoms. The third-order valence-electron chi connectivity index (χ3n) is 3.03. The van der Waals surface area contributed by atoms with Crippen LogP contribution in [0.4, 0.5) is 5.95 Å². The standard InChI is InChI=1S/C14H16N4O/c1-9-6-7-18-13(8-9)16-14(17-18)15-11(3)12-5-4-10(2)19-12/h4-8,11H,1-3H3,(H,15,17). The summed E-state index contributed by atoms with van der Waals surface area (Å²) < 4.78 is 7.35. The summed E-state index contributed by atoms with van der Waals surface area (Å²) in [5.74, 6) is 2.39. The van der Waals surface area contributed by atoms with Crippen LogP contribution in [0, 0.1) is 13.8 Å². The van der Waals surface area contributed by atoms with E-state index in [2.05, 4.69) is 15.4 Å². The molecule has 0 amide bonds. The minimum atomic E-state index is 0.0345. The van der Waals surface area contributed by atoms with E-state index < -0.39 is 0 Å². The normalized spacial score (nSPS) is 12.8. The average molecular weight is 256 g/mol. The average Bonchev–Trinajstić information content (AvgIpc) is 2.94. The van der Waals surface area contributed by atoms with E-state index in [9.17, 15) is 0 Å². The van der Waals surface area contributed by atoms with Crippen molar-refractivity contribution >= 4 is 11.6 Å². The predicted molar refractivity (Wildman–Crippen MR) is 73.2 cm³/mol. The first-order valence-electron chi connectivity index (χ1n) is 6.28. The van der Waals surface area contributed by atoms with E-state index in [1.165, 1.54) is 5.56 Å². The van der Waals surface area contributed by atoms with Gasteiger partial charge in [0.05, 0.1) is 6.04 Å². The van der Waals surface area contributed by atoms with Crippen molar-refractivity contribution in [3.8, 4) is 0 Å². The second-order valence-corrected chi connectivity index (χ2v) is 4.76. The Morgan fingerprint density at radius 2 is 2.11 bits per heavy atom. The van der Waals surface area contributed by atoms with E-state index >= 15 is 0 Å². The zero-order valence-electron chi connectivity index (χ0n) is 11.2. The number of aromatic nitrogens is 3. The van der Waals surface area contributed by atoms with Gasteiger partial charge in [0, 0.05) is 6.20 Å². The molecule has 0 fully saturated rings. The summed E-state index contributed by atoms with van der Waals surface area (Å²) in [4.78, 5) is 4.44. The van der Waals surface area contributed by atoms with Gasteiger partial charge in [-0.05, 0) is 50.6 Å². The third-order valence-corrected chi connectivity index (χ3v) is 3.03. The molecule has 0 aliphatic carbocycles. The van der Waals surface area contributed by atoms with Gasteiger partial charge in [-0.15, -0.1) is 5.10 Å². The van der Waals surface area contributed by atoms with Gasteiger partial charge in [0.1, 0.15) is 11.5 Å². The lowest BCUT2D eigenvalue weighted by molar-refractivity contribution is 0.466. The van der Waals surface area contributed by atoms with Crippen LogP contribution in [0.1, 0.15) is 30.0 Å². The quantitative estimate of drug-likeness (QED) is 0.782. The second kappa shape index (κ2) is 4.42. The highest BCUT2D eigenvalue weighted by Crippen LogP contribution is 2.19. The monoisotopic (exact) mass is 256 g/mol. The molecule has 3 aromatic heterocycles. The summed E-state index contributed by atoms with van der Waals surface area (Å²) in [5.41, 5.74) is 2.01. The Kier molecular flexibility index (Phi) is 2.74. The van der Waals surface area contributed by atoms with Gasteiger partial charge < -0.3 is 9.73 Å². The van der Waals surface area contributed by atoms with Crippen molar-refractivity contribution in [3.63, 3.8) is 0 Å². The van der Waals surface area contributed by atoms with Crippen molar-refractivity contribution in [2.75, 3.05) is 5.32 Å². The lowest BCUT2D eigenvalue weighted by atomic mass is 10.2. The fourth-order valence-corrected chi connectivity index (χ4v) is 2.00. The molecule has 3 rings (SSSR count). The molecule has 0 bridgehead atoms. The Balaban J connectivity index is 1.85. The van der Waals surface area contributed by atoms with Crippen LogP contribution in [0.15, 0.2) is 34.9 Å². The van der Waals surface area contributed by atoms with E-state index in [4.69, 9.17) is 4.42 Å². The second-order valence-electron chi connectivity index (χ2n) is 4.76. The van der Waals surface area contributed by atoms with Crippen molar-refractivity contribution in [1.29, 1.82) is 0 Å². The number of nitrogens with one attached hydrogen (secondary N) is 1. The number of fused-ring (bicyclic) bond motifs is 1. The summed E-state index contributed by atoms with van der Waals surface area (Å²) in [6.45, 7) is 5.99. The van der Waals surface area contributed by atoms with Gasteiger partial charge in [-0.1, -0.05) is 0 Å². The molecule has 0 saturated carbocycles. The molecule has 1 N–H and O–H groups in total. The molecule has 0 aliphatic heterocycles. The number of nitrogens with zero attached hydrogens (tertiary/aromatic N) is 3. The van der Waals surface area contributed by atoms with Gasteiger partial charge >= 0.3 is 0 Å². The van der Waals surface area contributed by atoms with Crippen LogP contribution < -0.4 is 5.32 Å². The topological polar surface area (TPSA) is 55.4 Å². The molecule has 98 valence electrons. The van der Waals surface area contributed by atoms with Crippen LogP contribution >= 0.6 is 0 Å². The SMILES string of the molecule is Cc1ccn2nc(NC(C)c3ccc(C)o3)nc2c1. The Hall–Kier alpha value is -2.30. The van der Waals surface area contributed by atoms with Crippen LogP contribution in [0.5, 0.6) is 0 Å². The molecule has 3 aromatic rings. The number of pyridine rings is 1. The van der Waals surface area contributed by atoms with Crippen molar-refractivity contribution in [2.45, 2.75) is 26.8 Å². The van der Waals surface area contributed by atoms with Gasteiger partial charge in [0.15, 0.2) is 5.65 Å². The van der Waals surface area contributed by atoms with Crippen LogP contribution in [-0.2, 0) is 0 Å². The molecular formula is C14H16N4O. The molecule has 3 heterocycles. The number of hydrogen-bond acceptors (Lipinski definition) is 4. The Morgan fingerprint density at radius 3 is 2.84 bits per heavy atom. The molecule has 0 saturated heterocycles. The van der Waals surface area contributed by atoms with E-state index in [1.807, 2.05) is 51.2 Å². The molecule has 5 nitrogen and oxygen atoms in total. The van der Waals surface area contributed by atoms with Crippen LogP contribution in [-0.4, -0.2) is 14.6 Å². The van der Waals surface area contributed by atoms with Crippen LogP contribution in [0.3, 0.4) is 0 Å². The Labute approximate surface area is 111 Å². The molecule has 0 radical (unpaired) electrons. The van der Waals surface area contributed by atoms with Gasteiger partial charge in [-0.2, -0.15) is 4.98 Å². The molecule has 0 spiro atoms. The fraction of sp³-hybridized carbons (Fsp3) is 0.286. The molecule has 1 atom stereocenters. The Bertz CT molecular complexity index is 713. The summed E-state index contributed by atoms with van der Waals surface area (Å²) in [6, 6.07) is 7.96. The van der Waals surface area contributed by atoms with Gasteiger partial charge in [0.2, 0.25) is 5.95 Å². The fourth-order valence-electron chi connectivity index (χ4n) is 2.00. The molecule has 0 aliphatic rings.